The summed E-state index contributed by atoms with van der Waals surface area (Å²) in [5.41, 5.74) is 4.33. The zero-order valence-electron chi connectivity index (χ0n) is 18.3. The van der Waals surface area contributed by atoms with Crippen molar-refractivity contribution < 1.29 is 14.3 Å². The Morgan fingerprint density at radius 3 is 2.64 bits per heavy atom. The number of rotatable bonds is 4. The zero-order valence-corrected chi connectivity index (χ0v) is 19.1. The molecule has 0 saturated heterocycles. The van der Waals surface area contributed by atoms with Crippen LogP contribution in [0.1, 0.15) is 50.4 Å². The standard InChI is InChI=1S/C26H23N3O3S/c1-32-26(31)23-18-8-3-2-4-10-22(18)33-25(23)29-24(30)19-15-21(16-11-13-27-14-12-16)28-20-9-6-5-7-17(19)20/h5-7,9,11-15H,2-4,8,10H2,1H3,(H,29,30). The Balaban J connectivity index is 1.58. The summed E-state index contributed by atoms with van der Waals surface area (Å²) in [6.45, 7) is 0. The quantitative estimate of drug-likeness (QED) is 0.316. The highest BCUT2D eigenvalue weighted by molar-refractivity contribution is 7.17. The van der Waals surface area contributed by atoms with Crippen molar-refractivity contribution in [2.75, 3.05) is 12.4 Å². The Morgan fingerprint density at radius 2 is 1.82 bits per heavy atom. The van der Waals surface area contributed by atoms with Crippen molar-refractivity contribution in [3.05, 3.63) is 76.4 Å². The molecular weight excluding hydrogens is 434 g/mol. The monoisotopic (exact) mass is 457 g/mol. The number of esters is 1. The number of methoxy groups -OCH3 is 1. The number of hydrogen-bond acceptors (Lipinski definition) is 6. The number of thiophene rings is 1. The summed E-state index contributed by atoms with van der Waals surface area (Å²) in [4.78, 5) is 36.2. The summed E-state index contributed by atoms with van der Waals surface area (Å²) in [5.74, 6) is -0.674. The molecule has 1 amide bonds. The van der Waals surface area contributed by atoms with E-state index in [0.29, 0.717) is 21.8 Å². The van der Waals surface area contributed by atoms with Gasteiger partial charge in [-0.3, -0.25) is 9.78 Å². The van der Waals surface area contributed by atoms with Crippen molar-refractivity contribution in [1.82, 2.24) is 9.97 Å². The maximum atomic E-state index is 13.6. The first kappa shape index (κ1) is 21.3. The van der Waals surface area contributed by atoms with Gasteiger partial charge in [0, 0.05) is 28.2 Å². The molecule has 1 aliphatic carbocycles. The summed E-state index contributed by atoms with van der Waals surface area (Å²) >= 11 is 1.49. The van der Waals surface area contributed by atoms with Gasteiger partial charge in [-0.05, 0) is 55.5 Å². The largest absolute Gasteiger partial charge is 0.465 e. The minimum absolute atomic E-state index is 0.273. The molecule has 1 aromatic carbocycles. The molecule has 166 valence electrons. The van der Waals surface area contributed by atoms with Crippen LogP contribution in [0.15, 0.2) is 54.9 Å². The maximum absolute atomic E-state index is 13.6. The number of fused-ring (bicyclic) bond motifs is 2. The molecule has 0 saturated carbocycles. The number of nitrogens with zero attached hydrogens (tertiary/aromatic N) is 2. The lowest BCUT2D eigenvalue weighted by molar-refractivity contribution is 0.0601. The van der Waals surface area contributed by atoms with E-state index in [1.807, 2.05) is 36.4 Å². The number of carbonyl (C=O) groups is 2. The molecule has 0 spiro atoms. The van der Waals surface area contributed by atoms with Crippen LogP contribution in [-0.2, 0) is 17.6 Å². The number of carbonyl (C=O) groups excluding carboxylic acids is 2. The van der Waals surface area contributed by atoms with Gasteiger partial charge in [-0.1, -0.05) is 24.6 Å². The fourth-order valence-corrected chi connectivity index (χ4v) is 5.63. The normalized spacial score (nSPS) is 13.2. The van der Waals surface area contributed by atoms with Crippen molar-refractivity contribution in [2.24, 2.45) is 0 Å². The second-order valence-electron chi connectivity index (χ2n) is 8.02. The number of amides is 1. The first-order valence-electron chi connectivity index (χ1n) is 11.0. The lowest BCUT2D eigenvalue weighted by atomic mass is 10.0. The third-order valence-corrected chi connectivity index (χ3v) is 7.18. The van der Waals surface area contributed by atoms with Crippen LogP contribution in [0.4, 0.5) is 5.00 Å². The van der Waals surface area contributed by atoms with E-state index in [4.69, 9.17) is 9.72 Å². The third kappa shape index (κ3) is 4.12. The van der Waals surface area contributed by atoms with Gasteiger partial charge in [0.15, 0.2) is 0 Å². The molecular formula is C26H23N3O3S. The highest BCUT2D eigenvalue weighted by Crippen LogP contribution is 2.38. The molecule has 0 aliphatic heterocycles. The van der Waals surface area contributed by atoms with Gasteiger partial charge in [-0.15, -0.1) is 11.3 Å². The van der Waals surface area contributed by atoms with E-state index in [-0.39, 0.29) is 5.91 Å². The van der Waals surface area contributed by atoms with Crippen LogP contribution in [0, 0.1) is 0 Å². The fourth-order valence-electron chi connectivity index (χ4n) is 4.35. The number of nitrogens with one attached hydrogen (secondary N) is 1. The van der Waals surface area contributed by atoms with E-state index >= 15 is 0 Å². The summed E-state index contributed by atoms with van der Waals surface area (Å²) in [6.07, 6.45) is 8.42. The van der Waals surface area contributed by atoms with Crippen molar-refractivity contribution in [1.29, 1.82) is 0 Å². The molecule has 33 heavy (non-hydrogen) atoms. The number of aromatic nitrogens is 2. The smallest absolute Gasteiger partial charge is 0.341 e. The summed E-state index contributed by atoms with van der Waals surface area (Å²) in [5, 5.41) is 4.34. The lowest BCUT2D eigenvalue weighted by Crippen LogP contribution is -2.15. The summed E-state index contributed by atoms with van der Waals surface area (Å²) in [6, 6.07) is 13.1. The predicted molar refractivity (Wildman–Crippen MR) is 130 cm³/mol. The molecule has 3 aromatic heterocycles. The van der Waals surface area contributed by atoms with E-state index in [0.717, 1.165) is 54.1 Å². The number of benzene rings is 1. The van der Waals surface area contributed by atoms with Crippen LogP contribution in [-0.4, -0.2) is 29.0 Å². The van der Waals surface area contributed by atoms with E-state index in [2.05, 4.69) is 10.3 Å². The molecule has 1 aliphatic rings. The Hall–Kier alpha value is -3.58. The van der Waals surface area contributed by atoms with Gasteiger partial charge >= 0.3 is 5.97 Å². The minimum Gasteiger partial charge on any atom is -0.465 e. The highest BCUT2D eigenvalue weighted by Gasteiger charge is 2.27. The lowest BCUT2D eigenvalue weighted by Gasteiger charge is -2.11. The average Bonchev–Trinajstić information content (AvgIpc) is 3.03. The van der Waals surface area contributed by atoms with Gasteiger partial charge in [0.05, 0.1) is 29.4 Å². The summed E-state index contributed by atoms with van der Waals surface area (Å²) < 4.78 is 5.08. The number of hydrogen-bond donors (Lipinski definition) is 1. The number of pyridine rings is 2. The molecule has 7 heteroatoms. The molecule has 5 rings (SSSR count). The average molecular weight is 458 g/mol. The van der Waals surface area contributed by atoms with Crippen LogP contribution in [0.25, 0.3) is 22.2 Å². The van der Waals surface area contributed by atoms with Gasteiger partial charge < -0.3 is 10.1 Å². The van der Waals surface area contributed by atoms with Gasteiger partial charge in [-0.2, -0.15) is 0 Å². The van der Waals surface area contributed by atoms with E-state index < -0.39 is 5.97 Å². The number of aryl methyl sites for hydroxylation is 1. The van der Waals surface area contributed by atoms with Crippen molar-refractivity contribution in [2.45, 2.75) is 32.1 Å². The van der Waals surface area contributed by atoms with E-state index in [9.17, 15) is 9.59 Å². The van der Waals surface area contributed by atoms with Crippen LogP contribution >= 0.6 is 11.3 Å². The molecule has 0 radical (unpaired) electrons. The van der Waals surface area contributed by atoms with E-state index in [1.165, 1.54) is 23.3 Å². The fraction of sp³-hybridized carbons (Fsp3) is 0.231. The molecule has 0 unspecified atom stereocenters. The Kier molecular flexibility index (Phi) is 5.88. The van der Waals surface area contributed by atoms with Crippen molar-refractivity contribution in [3.8, 4) is 11.3 Å². The molecule has 1 N–H and O–H groups in total. The van der Waals surface area contributed by atoms with Gasteiger partial charge in [0.1, 0.15) is 5.00 Å². The highest BCUT2D eigenvalue weighted by atomic mass is 32.1. The van der Waals surface area contributed by atoms with Gasteiger partial charge in [-0.25, -0.2) is 9.78 Å². The SMILES string of the molecule is COC(=O)c1c(NC(=O)c2cc(-c3ccncc3)nc3ccccc23)sc2c1CCCCC2. The Bertz CT molecular complexity index is 1350. The van der Waals surface area contributed by atoms with Crippen molar-refractivity contribution in [3.63, 3.8) is 0 Å². The molecule has 0 atom stereocenters. The van der Waals surface area contributed by atoms with Crippen LogP contribution in [0.5, 0.6) is 0 Å². The Morgan fingerprint density at radius 1 is 1.03 bits per heavy atom. The second-order valence-corrected chi connectivity index (χ2v) is 9.13. The molecule has 0 fully saturated rings. The first-order valence-corrected chi connectivity index (χ1v) is 11.8. The zero-order chi connectivity index (χ0) is 22.8. The molecule has 0 bridgehead atoms. The molecule has 6 nitrogen and oxygen atoms in total. The maximum Gasteiger partial charge on any atom is 0.341 e. The third-order valence-electron chi connectivity index (χ3n) is 5.97. The second kappa shape index (κ2) is 9.11. The minimum atomic E-state index is -0.401. The van der Waals surface area contributed by atoms with Gasteiger partial charge in [0.2, 0.25) is 0 Å². The van der Waals surface area contributed by atoms with E-state index in [1.54, 1.807) is 18.5 Å². The predicted octanol–water partition coefficient (Wildman–Crippen LogP) is 5.67. The van der Waals surface area contributed by atoms with Crippen molar-refractivity contribution >= 4 is 39.1 Å². The molecule has 3 heterocycles. The first-order chi connectivity index (χ1) is 16.2. The molecule has 4 aromatic rings. The van der Waals surface area contributed by atoms with Crippen LogP contribution in [0.3, 0.4) is 0 Å². The number of ether oxygens (including phenoxy) is 1. The number of anilines is 1. The Labute approximate surface area is 195 Å². The summed E-state index contributed by atoms with van der Waals surface area (Å²) in [7, 11) is 1.38. The topological polar surface area (TPSA) is 81.2 Å². The van der Waals surface area contributed by atoms with Crippen LogP contribution < -0.4 is 5.32 Å². The van der Waals surface area contributed by atoms with Crippen LogP contribution in [0.2, 0.25) is 0 Å². The number of para-hydroxylation sites is 1. The van der Waals surface area contributed by atoms with Gasteiger partial charge in [0.25, 0.3) is 5.91 Å².